The Morgan fingerprint density at radius 1 is 1.59 bits per heavy atom. The van der Waals surface area contributed by atoms with Gasteiger partial charge in [0.25, 0.3) is 5.91 Å². The van der Waals surface area contributed by atoms with E-state index < -0.39 is 0 Å². The zero-order chi connectivity index (χ0) is 15.7. The van der Waals surface area contributed by atoms with E-state index in [9.17, 15) is 4.79 Å². The molecule has 0 spiro atoms. The van der Waals surface area contributed by atoms with Gasteiger partial charge in [0, 0.05) is 25.2 Å². The standard InChI is InChI=1S/C15H18ClN3O2S/c1-9(17)10-3-2-6-19(8-10)15(20)11-7-12(21-18-11)13-4-5-14(16)22-13/h4-5,7,9-10H,2-3,6,8,17H2,1H3. The fourth-order valence-electron chi connectivity index (χ4n) is 2.72. The van der Waals surface area contributed by atoms with Crippen LogP contribution in [0.2, 0.25) is 4.34 Å². The molecule has 0 saturated carbocycles. The van der Waals surface area contributed by atoms with Crippen LogP contribution >= 0.6 is 22.9 Å². The third-order valence-electron chi connectivity index (χ3n) is 4.03. The van der Waals surface area contributed by atoms with Gasteiger partial charge in [0.15, 0.2) is 11.5 Å². The summed E-state index contributed by atoms with van der Waals surface area (Å²) in [6, 6.07) is 5.43. The molecular weight excluding hydrogens is 322 g/mol. The predicted molar refractivity (Wildman–Crippen MR) is 87.1 cm³/mol. The summed E-state index contributed by atoms with van der Waals surface area (Å²) in [6.45, 7) is 3.42. The highest BCUT2D eigenvalue weighted by Gasteiger charge is 2.28. The van der Waals surface area contributed by atoms with Gasteiger partial charge in [-0.05, 0) is 37.8 Å². The normalized spacial score (nSPS) is 20.1. The molecule has 0 bridgehead atoms. The SMILES string of the molecule is CC(N)C1CCCN(C(=O)c2cc(-c3ccc(Cl)s3)on2)C1. The molecule has 3 heterocycles. The number of rotatable bonds is 3. The van der Waals surface area contributed by atoms with E-state index >= 15 is 0 Å². The van der Waals surface area contributed by atoms with E-state index in [4.69, 9.17) is 21.9 Å². The van der Waals surface area contributed by atoms with Crippen molar-refractivity contribution in [2.45, 2.75) is 25.8 Å². The average molecular weight is 340 g/mol. The van der Waals surface area contributed by atoms with Crippen molar-refractivity contribution in [3.05, 3.63) is 28.2 Å². The van der Waals surface area contributed by atoms with E-state index in [0.717, 1.165) is 24.3 Å². The van der Waals surface area contributed by atoms with Crippen molar-refractivity contribution in [1.82, 2.24) is 10.1 Å². The van der Waals surface area contributed by atoms with E-state index in [-0.39, 0.29) is 11.9 Å². The van der Waals surface area contributed by atoms with Crippen molar-refractivity contribution in [2.24, 2.45) is 11.7 Å². The van der Waals surface area contributed by atoms with Gasteiger partial charge in [-0.15, -0.1) is 11.3 Å². The van der Waals surface area contributed by atoms with Crippen molar-refractivity contribution >= 4 is 28.8 Å². The molecule has 0 radical (unpaired) electrons. The maximum absolute atomic E-state index is 12.6. The minimum Gasteiger partial charge on any atom is -0.355 e. The van der Waals surface area contributed by atoms with Gasteiger partial charge < -0.3 is 15.2 Å². The largest absolute Gasteiger partial charge is 0.355 e. The van der Waals surface area contributed by atoms with E-state index in [2.05, 4.69) is 5.16 Å². The topological polar surface area (TPSA) is 72.4 Å². The van der Waals surface area contributed by atoms with Crippen LogP contribution in [0.3, 0.4) is 0 Å². The highest BCUT2D eigenvalue weighted by Crippen LogP contribution is 2.31. The summed E-state index contributed by atoms with van der Waals surface area (Å²) in [6.07, 6.45) is 2.04. The molecule has 7 heteroatoms. The van der Waals surface area contributed by atoms with Crippen LogP contribution in [0.5, 0.6) is 0 Å². The number of nitrogens with two attached hydrogens (primary N) is 1. The highest BCUT2D eigenvalue weighted by atomic mass is 35.5. The van der Waals surface area contributed by atoms with Crippen LogP contribution < -0.4 is 5.73 Å². The average Bonchev–Trinajstić information content (AvgIpc) is 3.15. The van der Waals surface area contributed by atoms with Gasteiger partial charge in [0.2, 0.25) is 0 Å². The van der Waals surface area contributed by atoms with Gasteiger partial charge in [-0.3, -0.25) is 4.79 Å². The van der Waals surface area contributed by atoms with E-state index in [1.807, 2.05) is 17.9 Å². The fourth-order valence-corrected chi connectivity index (χ4v) is 3.72. The number of amides is 1. The number of hydrogen-bond acceptors (Lipinski definition) is 5. The minimum atomic E-state index is -0.0944. The molecule has 1 fully saturated rings. The summed E-state index contributed by atoms with van der Waals surface area (Å²) in [7, 11) is 0. The predicted octanol–water partition coefficient (Wildman–Crippen LogP) is 3.26. The Labute approximate surface area is 138 Å². The third-order valence-corrected chi connectivity index (χ3v) is 5.28. The monoisotopic (exact) mass is 339 g/mol. The van der Waals surface area contributed by atoms with E-state index in [1.54, 1.807) is 12.1 Å². The first-order valence-corrected chi connectivity index (χ1v) is 8.51. The van der Waals surface area contributed by atoms with Crippen molar-refractivity contribution in [3.8, 4) is 10.6 Å². The lowest BCUT2D eigenvalue weighted by molar-refractivity contribution is 0.0650. The number of piperidine rings is 1. The Bertz CT molecular complexity index is 667. The molecule has 5 nitrogen and oxygen atoms in total. The molecule has 2 aromatic rings. The first kappa shape index (κ1) is 15.5. The summed E-state index contributed by atoms with van der Waals surface area (Å²) in [5, 5.41) is 3.91. The van der Waals surface area contributed by atoms with Gasteiger partial charge in [-0.1, -0.05) is 16.8 Å². The fraction of sp³-hybridized carbons (Fsp3) is 0.467. The van der Waals surface area contributed by atoms with Gasteiger partial charge in [-0.25, -0.2) is 0 Å². The minimum absolute atomic E-state index is 0.0942. The highest BCUT2D eigenvalue weighted by molar-refractivity contribution is 7.19. The Balaban J connectivity index is 1.74. The zero-order valence-electron chi connectivity index (χ0n) is 12.3. The molecule has 1 aliphatic rings. The number of hydrogen-bond donors (Lipinski definition) is 1. The number of likely N-dealkylation sites (tertiary alicyclic amines) is 1. The molecule has 118 valence electrons. The van der Waals surface area contributed by atoms with Crippen molar-refractivity contribution < 1.29 is 9.32 Å². The Morgan fingerprint density at radius 2 is 2.41 bits per heavy atom. The number of aromatic nitrogens is 1. The molecule has 2 N–H and O–H groups in total. The summed E-state index contributed by atoms with van der Waals surface area (Å²) in [4.78, 5) is 15.2. The first-order chi connectivity index (χ1) is 10.5. The maximum atomic E-state index is 12.6. The second-order valence-corrected chi connectivity index (χ2v) is 7.41. The van der Waals surface area contributed by atoms with Gasteiger partial charge in [-0.2, -0.15) is 0 Å². The Hall–Kier alpha value is -1.37. The zero-order valence-corrected chi connectivity index (χ0v) is 13.9. The Kier molecular flexibility index (Phi) is 4.52. The van der Waals surface area contributed by atoms with E-state index in [1.165, 1.54) is 11.3 Å². The van der Waals surface area contributed by atoms with Gasteiger partial charge in [0.1, 0.15) is 0 Å². The summed E-state index contributed by atoms with van der Waals surface area (Å²) in [5.41, 5.74) is 6.31. The molecular formula is C15H18ClN3O2S. The molecule has 0 aromatic carbocycles. The molecule has 2 atom stereocenters. The van der Waals surface area contributed by atoms with Crippen molar-refractivity contribution in [1.29, 1.82) is 0 Å². The second-order valence-electron chi connectivity index (χ2n) is 5.69. The lowest BCUT2D eigenvalue weighted by Crippen LogP contribution is -2.45. The van der Waals surface area contributed by atoms with Crippen LogP contribution in [0, 0.1) is 5.92 Å². The van der Waals surface area contributed by atoms with Crippen LogP contribution in [-0.4, -0.2) is 35.1 Å². The van der Waals surface area contributed by atoms with Crippen LogP contribution in [0.1, 0.15) is 30.3 Å². The quantitative estimate of drug-likeness (QED) is 0.931. The van der Waals surface area contributed by atoms with Gasteiger partial charge >= 0.3 is 0 Å². The number of carbonyl (C=O) groups is 1. The molecule has 3 rings (SSSR count). The van der Waals surface area contributed by atoms with E-state index in [0.29, 0.717) is 28.3 Å². The molecule has 1 amide bonds. The first-order valence-electron chi connectivity index (χ1n) is 7.32. The number of nitrogens with zero attached hydrogens (tertiary/aromatic N) is 2. The molecule has 22 heavy (non-hydrogen) atoms. The third kappa shape index (κ3) is 3.19. The summed E-state index contributed by atoms with van der Waals surface area (Å²) in [5.74, 6) is 0.823. The van der Waals surface area contributed by atoms with Crippen molar-refractivity contribution in [2.75, 3.05) is 13.1 Å². The molecule has 2 aromatic heterocycles. The summed E-state index contributed by atoms with van der Waals surface area (Å²) < 4.78 is 5.96. The second kappa shape index (κ2) is 6.40. The lowest BCUT2D eigenvalue weighted by atomic mass is 9.92. The molecule has 0 aliphatic carbocycles. The van der Waals surface area contributed by atoms with Crippen LogP contribution in [0.4, 0.5) is 0 Å². The molecule has 1 aliphatic heterocycles. The maximum Gasteiger partial charge on any atom is 0.276 e. The number of halogens is 1. The van der Waals surface area contributed by atoms with Gasteiger partial charge in [0.05, 0.1) is 9.21 Å². The molecule has 2 unspecified atom stereocenters. The van der Waals surface area contributed by atoms with Crippen LogP contribution in [0.25, 0.3) is 10.6 Å². The lowest BCUT2D eigenvalue weighted by Gasteiger charge is -2.34. The number of thiophene rings is 1. The van der Waals surface area contributed by atoms with Crippen LogP contribution in [-0.2, 0) is 0 Å². The Morgan fingerprint density at radius 3 is 3.09 bits per heavy atom. The summed E-state index contributed by atoms with van der Waals surface area (Å²) >= 11 is 7.31. The van der Waals surface area contributed by atoms with Crippen molar-refractivity contribution in [3.63, 3.8) is 0 Å². The smallest absolute Gasteiger partial charge is 0.276 e. The molecule has 1 saturated heterocycles. The number of carbonyl (C=O) groups excluding carboxylic acids is 1. The van der Waals surface area contributed by atoms with Crippen LogP contribution in [0.15, 0.2) is 22.7 Å².